The van der Waals surface area contributed by atoms with Crippen molar-refractivity contribution in [3.63, 3.8) is 0 Å². The molecule has 1 N–H and O–H groups in total. The molecule has 17 heavy (non-hydrogen) atoms. The van der Waals surface area contributed by atoms with Crippen LogP contribution in [0.25, 0.3) is 0 Å². The van der Waals surface area contributed by atoms with E-state index in [2.05, 4.69) is 31.1 Å². The van der Waals surface area contributed by atoms with Gasteiger partial charge in [-0.05, 0) is 38.9 Å². The van der Waals surface area contributed by atoms with E-state index in [4.69, 9.17) is 0 Å². The van der Waals surface area contributed by atoms with Crippen molar-refractivity contribution < 1.29 is 0 Å². The molecule has 0 aromatic rings. The van der Waals surface area contributed by atoms with Crippen molar-refractivity contribution in [2.24, 2.45) is 5.92 Å². The number of nitrogens with one attached hydrogen (secondary N) is 1. The molecule has 2 atom stereocenters. The minimum Gasteiger partial charge on any atom is -0.317 e. The van der Waals surface area contributed by atoms with Crippen LogP contribution in [0.2, 0.25) is 0 Å². The van der Waals surface area contributed by atoms with Gasteiger partial charge < -0.3 is 10.2 Å². The third-order valence-corrected chi connectivity index (χ3v) is 4.19. The lowest BCUT2D eigenvalue weighted by atomic mass is 9.94. The number of hydrogen-bond donors (Lipinski definition) is 1. The predicted octanol–water partition coefficient (Wildman–Crippen LogP) is 3.28. The molecule has 102 valence electrons. The average Bonchev–Trinajstić information content (AvgIpc) is 2.34. The Morgan fingerprint density at radius 1 is 1.12 bits per heavy atom. The van der Waals surface area contributed by atoms with Crippen molar-refractivity contribution in [1.82, 2.24) is 10.2 Å². The first-order chi connectivity index (χ1) is 8.27. The normalized spacial score (nSPS) is 26.3. The minimum absolute atomic E-state index is 0.746. The lowest BCUT2D eigenvalue weighted by Gasteiger charge is -2.36. The number of unbranched alkanes of at least 4 members (excludes halogenated alkanes) is 5. The van der Waals surface area contributed by atoms with E-state index in [9.17, 15) is 0 Å². The largest absolute Gasteiger partial charge is 0.317 e. The zero-order chi connectivity index (χ0) is 12.5. The third kappa shape index (κ3) is 5.87. The number of hydrogen-bond acceptors (Lipinski definition) is 2. The van der Waals surface area contributed by atoms with Crippen LogP contribution in [0.4, 0.5) is 0 Å². The van der Waals surface area contributed by atoms with Crippen molar-refractivity contribution in [3.8, 4) is 0 Å². The maximum Gasteiger partial charge on any atom is 0.0114 e. The summed E-state index contributed by atoms with van der Waals surface area (Å²) in [5.41, 5.74) is 0. The summed E-state index contributed by atoms with van der Waals surface area (Å²) in [5, 5.41) is 3.44. The molecule has 1 rings (SSSR count). The molecule has 2 heteroatoms. The second-order valence-electron chi connectivity index (χ2n) is 5.73. The summed E-state index contributed by atoms with van der Waals surface area (Å²) in [7, 11) is 2.10. The highest BCUT2D eigenvalue weighted by molar-refractivity contribution is 4.81. The minimum atomic E-state index is 0.746. The van der Waals surface area contributed by atoms with Crippen LogP contribution in [0.3, 0.4) is 0 Å². The molecule has 0 aliphatic carbocycles. The van der Waals surface area contributed by atoms with Crippen LogP contribution >= 0.6 is 0 Å². The summed E-state index contributed by atoms with van der Waals surface area (Å²) in [6.07, 6.45) is 9.82. The van der Waals surface area contributed by atoms with E-state index in [1.807, 2.05) is 0 Å². The van der Waals surface area contributed by atoms with Crippen LogP contribution in [-0.4, -0.2) is 37.6 Å². The molecule has 1 aliphatic rings. The van der Waals surface area contributed by atoms with Gasteiger partial charge in [0.25, 0.3) is 0 Å². The first-order valence-corrected chi connectivity index (χ1v) is 7.67. The molecular formula is C15H32N2. The van der Waals surface area contributed by atoms with Gasteiger partial charge in [-0.25, -0.2) is 0 Å². The molecule has 2 unspecified atom stereocenters. The Kier molecular flexibility index (Phi) is 7.87. The fourth-order valence-corrected chi connectivity index (χ4v) is 2.98. The first-order valence-electron chi connectivity index (χ1n) is 7.67. The zero-order valence-electron chi connectivity index (χ0n) is 12.2. The van der Waals surface area contributed by atoms with Crippen LogP contribution in [-0.2, 0) is 0 Å². The summed E-state index contributed by atoms with van der Waals surface area (Å²) in [4.78, 5) is 2.67. The van der Waals surface area contributed by atoms with Crippen LogP contribution in [0.5, 0.6) is 0 Å². The molecule has 0 radical (unpaired) electrons. The van der Waals surface area contributed by atoms with Gasteiger partial charge in [0.2, 0.25) is 0 Å². The zero-order valence-corrected chi connectivity index (χ0v) is 12.2. The Balaban J connectivity index is 2.01. The fourth-order valence-electron chi connectivity index (χ4n) is 2.98. The molecular weight excluding hydrogens is 208 g/mol. The van der Waals surface area contributed by atoms with Crippen molar-refractivity contribution >= 4 is 0 Å². The Labute approximate surface area is 108 Å². The van der Waals surface area contributed by atoms with Gasteiger partial charge in [0.1, 0.15) is 0 Å². The van der Waals surface area contributed by atoms with Crippen LogP contribution in [0.1, 0.15) is 58.8 Å². The van der Waals surface area contributed by atoms with E-state index < -0.39 is 0 Å². The fraction of sp³-hybridized carbons (Fsp3) is 1.00. The summed E-state index contributed by atoms with van der Waals surface area (Å²) in [5.74, 6) is 0.814. The Hall–Kier alpha value is -0.0800. The van der Waals surface area contributed by atoms with E-state index in [-0.39, 0.29) is 0 Å². The average molecular weight is 240 g/mol. The van der Waals surface area contributed by atoms with E-state index in [1.54, 1.807) is 0 Å². The number of piperidine rings is 1. The topological polar surface area (TPSA) is 15.3 Å². The molecule has 2 nitrogen and oxygen atoms in total. The van der Waals surface area contributed by atoms with Crippen molar-refractivity contribution in [2.45, 2.75) is 64.8 Å². The van der Waals surface area contributed by atoms with Gasteiger partial charge in [0.05, 0.1) is 0 Å². The van der Waals surface area contributed by atoms with Crippen LogP contribution < -0.4 is 5.32 Å². The molecule has 0 saturated carbocycles. The smallest absolute Gasteiger partial charge is 0.0114 e. The summed E-state index contributed by atoms with van der Waals surface area (Å²) < 4.78 is 0. The molecule has 1 fully saturated rings. The third-order valence-electron chi connectivity index (χ3n) is 4.19. The number of likely N-dealkylation sites (tertiary alicyclic amines) is 1. The van der Waals surface area contributed by atoms with Gasteiger partial charge in [0, 0.05) is 12.6 Å². The highest BCUT2D eigenvalue weighted by Crippen LogP contribution is 2.17. The van der Waals surface area contributed by atoms with Crippen LogP contribution in [0.15, 0.2) is 0 Å². The SMILES string of the molecule is CCCCCCCCN1CCC(NC)C(C)C1. The van der Waals surface area contributed by atoms with Gasteiger partial charge in [-0.15, -0.1) is 0 Å². The molecule has 0 aromatic heterocycles. The Bertz CT molecular complexity index is 182. The maximum absolute atomic E-state index is 3.44. The van der Waals surface area contributed by atoms with Crippen LogP contribution in [0, 0.1) is 5.92 Å². The highest BCUT2D eigenvalue weighted by atomic mass is 15.1. The number of rotatable bonds is 8. The summed E-state index contributed by atoms with van der Waals surface area (Å²) in [6, 6.07) is 0.746. The van der Waals surface area contributed by atoms with Crippen molar-refractivity contribution in [3.05, 3.63) is 0 Å². The predicted molar refractivity (Wildman–Crippen MR) is 76.4 cm³/mol. The lowest BCUT2D eigenvalue weighted by molar-refractivity contribution is 0.149. The van der Waals surface area contributed by atoms with E-state index in [0.29, 0.717) is 0 Å². The molecule has 0 aromatic carbocycles. The van der Waals surface area contributed by atoms with E-state index in [1.165, 1.54) is 64.6 Å². The highest BCUT2D eigenvalue weighted by Gasteiger charge is 2.23. The molecule has 1 saturated heterocycles. The van der Waals surface area contributed by atoms with Gasteiger partial charge >= 0.3 is 0 Å². The molecule has 0 bridgehead atoms. The quantitative estimate of drug-likeness (QED) is 0.655. The monoisotopic (exact) mass is 240 g/mol. The summed E-state index contributed by atoms with van der Waals surface area (Å²) >= 11 is 0. The first kappa shape index (κ1) is 15.0. The molecule has 1 aliphatic heterocycles. The van der Waals surface area contributed by atoms with Gasteiger partial charge in [0.15, 0.2) is 0 Å². The van der Waals surface area contributed by atoms with Crippen molar-refractivity contribution in [1.29, 1.82) is 0 Å². The standard InChI is InChI=1S/C15H32N2/c1-4-5-6-7-8-9-11-17-12-10-15(16-3)14(2)13-17/h14-16H,4-13H2,1-3H3. The van der Waals surface area contributed by atoms with Crippen molar-refractivity contribution in [2.75, 3.05) is 26.7 Å². The molecule has 1 heterocycles. The maximum atomic E-state index is 3.44. The second kappa shape index (κ2) is 8.93. The molecule has 0 amide bonds. The van der Waals surface area contributed by atoms with E-state index >= 15 is 0 Å². The van der Waals surface area contributed by atoms with E-state index in [0.717, 1.165) is 12.0 Å². The second-order valence-corrected chi connectivity index (χ2v) is 5.73. The Morgan fingerprint density at radius 3 is 2.47 bits per heavy atom. The summed E-state index contributed by atoms with van der Waals surface area (Å²) in [6.45, 7) is 8.58. The van der Waals surface area contributed by atoms with Gasteiger partial charge in [-0.2, -0.15) is 0 Å². The Morgan fingerprint density at radius 2 is 1.82 bits per heavy atom. The van der Waals surface area contributed by atoms with Gasteiger partial charge in [-0.3, -0.25) is 0 Å². The lowest BCUT2D eigenvalue weighted by Crippen LogP contribution is -2.47. The van der Waals surface area contributed by atoms with Gasteiger partial charge in [-0.1, -0.05) is 46.0 Å². The number of nitrogens with zero attached hydrogens (tertiary/aromatic N) is 1. The molecule has 0 spiro atoms.